The minimum atomic E-state index is -5.22. The number of nitrogens with zero attached hydrogens (tertiary/aromatic N) is 1. The fourth-order valence-electron chi connectivity index (χ4n) is 4.90. The van der Waals surface area contributed by atoms with Gasteiger partial charge in [-0.2, -0.15) is 13.2 Å². The molecule has 1 aromatic carbocycles. The number of carbonyl (C=O) groups is 4. The maximum Gasteiger partial charge on any atom is 0.432 e. The quantitative estimate of drug-likeness (QED) is 0.172. The van der Waals surface area contributed by atoms with Crippen LogP contribution in [-0.2, 0) is 39.0 Å². The molecule has 0 aliphatic carbocycles. The number of methoxy groups -OCH3 is 2. The summed E-state index contributed by atoms with van der Waals surface area (Å²) in [6.45, 7) is 9.65. The van der Waals surface area contributed by atoms with E-state index < -0.39 is 70.6 Å². The van der Waals surface area contributed by atoms with Gasteiger partial charge in [0.25, 0.3) is 5.60 Å². The molecule has 0 heterocycles. The molecule has 9 nitrogen and oxygen atoms in total. The Balaban J connectivity index is 3.49. The van der Waals surface area contributed by atoms with E-state index in [0.29, 0.717) is 0 Å². The Bertz CT molecular complexity index is 1180. The van der Waals surface area contributed by atoms with E-state index in [2.05, 4.69) is 11.2 Å². The zero-order valence-corrected chi connectivity index (χ0v) is 26.9. The minimum absolute atomic E-state index is 0.0548. The SMILES string of the molecule is C#CCCC[C@@H](OC(=O)[C@](OC)(c1ccccc1)C(F)(F)F)C(C)(C)C(=O)N[C@H](C(=O)N(C)[C@H](C(=O)OC)C(C)C)C(C)C. The molecule has 0 aliphatic rings. The smallest absolute Gasteiger partial charge is 0.432 e. The summed E-state index contributed by atoms with van der Waals surface area (Å²) in [6, 6.07) is 4.27. The number of hydrogen-bond donors (Lipinski definition) is 1. The Morgan fingerprint density at radius 3 is 2.00 bits per heavy atom. The average Bonchev–Trinajstić information content (AvgIpc) is 2.94. The molecule has 0 aliphatic heterocycles. The Hall–Kier alpha value is -3.59. The van der Waals surface area contributed by atoms with Crippen LogP contribution in [0.3, 0.4) is 0 Å². The summed E-state index contributed by atoms with van der Waals surface area (Å²) >= 11 is 0. The first kappa shape index (κ1) is 38.4. The molecule has 0 bridgehead atoms. The molecule has 0 unspecified atom stereocenters. The Morgan fingerprint density at radius 1 is 1.00 bits per heavy atom. The molecule has 2 amide bonds. The molecule has 1 N–H and O–H groups in total. The van der Waals surface area contributed by atoms with Crippen molar-refractivity contribution in [1.82, 2.24) is 10.2 Å². The summed E-state index contributed by atoms with van der Waals surface area (Å²) in [6.07, 6.45) is -0.871. The number of unbranched alkanes of at least 4 members (excludes halogenated alkanes) is 1. The number of rotatable bonds is 15. The molecular weight excluding hydrogens is 581 g/mol. The van der Waals surface area contributed by atoms with Crippen LogP contribution < -0.4 is 5.32 Å². The second-order valence-electron chi connectivity index (χ2n) is 11.8. The zero-order chi connectivity index (χ0) is 34.0. The lowest BCUT2D eigenvalue weighted by Gasteiger charge is -2.39. The predicted molar refractivity (Wildman–Crippen MR) is 158 cm³/mol. The number of alkyl halides is 3. The Labute approximate surface area is 258 Å². The number of esters is 2. The molecule has 1 aromatic rings. The van der Waals surface area contributed by atoms with Crippen LogP contribution in [0.2, 0.25) is 0 Å². The number of halogens is 3. The summed E-state index contributed by atoms with van der Waals surface area (Å²) in [7, 11) is 3.38. The summed E-state index contributed by atoms with van der Waals surface area (Å²) in [5.74, 6) is -2.06. The van der Waals surface area contributed by atoms with Crippen LogP contribution in [0.1, 0.15) is 66.4 Å². The van der Waals surface area contributed by atoms with Crippen LogP contribution in [0.4, 0.5) is 13.2 Å². The summed E-state index contributed by atoms with van der Waals surface area (Å²) in [5.41, 5.74) is -5.61. The molecule has 246 valence electrons. The van der Waals surface area contributed by atoms with Crippen molar-refractivity contribution in [2.24, 2.45) is 17.3 Å². The standard InChI is InChI=1S/C32H45F3N2O7/c1-11-12-14-19-23(44-29(41)31(43-10,32(33,34)35)22-17-15-13-16-18-22)30(6,7)28(40)36-24(20(2)3)26(38)37(8)25(21(4)5)27(39)42-9/h1,13,15-18,20-21,23-25H,12,14,19H2,2-10H3,(H,36,40)/t23-,24+,25+,31-/m1/s1. The highest BCUT2D eigenvalue weighted by molar-refractivity contribution is 5.92. The van der Waals surface area contributed by atoms with Gasteiger partial charge in [-0.05, 0) is 38.5 Å². The maximum absolute atomic E-state index is 14.5. The van der Waals surface area contributed by atoms with E-state index >= 15 is 0 Å². The summed E-state index contributed by atoms with van der Waals surface area (Å²) in [5, 5.41) is 2.68. The minimum Gasteiger partial charge on any atom is -0.467 e. The topological polar surface area (TPSA) is 111 Å². The predicted octanol–water partition coefficient (Wildman–Crippen LogP) is 4.63. The molecule has 1 rings (SSSR count). The van der Waals surface area contributed by atoms with Crippen LogP contribution in [0.5, 0.6) is 0 Å². The second kappa shape index (κ2) is 15.9. The molecule has 12 heteroatoms. The van der Waals surface area contributed by atoms with Crippen molar-refractivity contribution >= 4 is 23.8 Å². The lowest BCUT2D eigenvalue weighted by Crippen LogP contribution is -2.59. The van der Waals surface area contributed by atoms with Crippen molar-refractivity contribution in [2.75, 3.05) is 21.3 Å². The molecule has 0 radical (unpaired) electrons. The maximum atomic E-state index is 14.5. The van der Waals surface area contributed by atoms with Gasteiger partial charge in [0.1, 0.15) is 18.2 Å². The van der Waals surface area contributed by atoms with Crippen molar-refractivity contribution in [3.8, 4) is 12.3 Å². The lowest BCUT2D eigenvalue weighted by molar-refractivity contribution is -0.279. The lowest BCUT2D eigenvalue weighted by atomic mass is 9.81. The van der Waals surface area contributed by atoms with Gasteiger partial charge in [0.2, 0.25) is 11.8 Å². The highest BCUT2D eigenvalue weighted by atomic mass is 19.4. The molecule has 0 aromatic heterocycles. The van der Waals surface area contributed by atoms with Gasteiger partial charge in [-0.15, -0.1) is 12.3 Å². The van der Waals surface area contributed by atoms with Crippen LogP contribution in [0.25, 0.3) is 0 Å². The fourth-order valence-corrected chi connectivity index (χ4v) is 4.90. The van der Waals surface area contributed by atoms with Crippen molar-refractivity contribution in [3.63, 3.8) is 0 Å². The van der Waals surface area contributed by atoms with Crippen molar-refractivity contribution in [1.29, 1.82) is 0 Å². The monoisotopic (exact) mass is 626 g/mol. The molecule has 44 heavy (non-hydrogen) atoms. The number of amides is 2. The van der Waals surface area contributed by atoms with Crippen molar-refractivity contribution in [2.45, 2.75) is 90.8 Å². The Morgan fingerprint density at radius 2 is 1.57 bits per heavy atom. The van der Waals surface area contributed by atoms with Gasteiger partial charge in [-0.25, -0.2) is 9.59 Å². The van der Waals surface area contributed by atoms with Gasteiger partial charge in [0, 0.05) is 26.1 Å². The van der Waals surface area contributed by atoms with Gasteiger partial charge in [0.05, 0.1) is 12.5 Å². The fraction of sp³-hybridized carbons (Fsp3) is 0.625. The number of nitrogens with one attached hydrogen (secondary N) is 1. The first-order chi connectivity index (χ1) is 20.3. The van der Waals surface area contributed by atoms with E-state index in [9.17, 15) is 32.3 Å². The third-order valence-electron chi connectivity index (χ3n) is 7.66. The highest BCUT2D eigenvalue weighted by Crippen LogP contribution is 2.44. The molecular formula is C32H45F3N2O7. The number of ether oxygens (including phenoxy) is 3. The van der Waals surface area contributed by atoms with E-state index in [1.54, 1.807) is 27.7 Å². The highest BCUT2D eigenvalue weighted by Gasteiger charge is 2.64. The number of benzene rings is 1. The van der Waals surface area contributed by atoms with E-state index in [1.807, 2.05) is 0 Å². The van der Waals surface area contributed by atoms with Crippen LogP contribution in [0, 0.1) is 29.6 Å². The van der Waals surface area contributed by atoms with Gasteiger partial charge in [0.15, 0.2) is 0 Å². The van der Waals surface area contributed by atoms with Crippen LogP contribution >= 0.6 is 0 Å². The van der Waals surface area contributed by atoms with Crippen LogP contribution in [0.15, 0.2) is 30.3 Å². The third-order valence-corrected chi connectivity index (χ3v) is 7.66. The molecule has 0 saturated heterocycles. The van der Waals surface area contributed by atoms with Crippen molar-refractivity contribution in [3.05, 3.63) is 35.9 Å². The molecule has 0 spiro atoms. The number of hydrogen-bond acceptors (Lipinski definition) is 7. The van der Waals surface area contributed by atoms with Gasteiger partial charge in [-0.1, -0.05) is 58.0 Å². The second-order valence-corrected chi connectivity index (χ2v) is 11.8. The number of carbonyl (C=O) groups excluding carboxylic acids is 4. The van der Waals surface area contributed by atoms with E-state index in [4.69, 9.17) is 20.6 Å². The first-order valence-electron chi connectivity index (χ1n) is 14.3. The molecule has 4 atom stereocenters. The molecule has 0 fully saturated rings. The molecule has 0 saturated carbocycles. The first-order valence-corrected chi connectivity index (χ1v) is 14.3. The largest absolute Gasteiger partial charge is 0.467 e. The van der Waals surface area contributed by atoms with E-state index in [1.165, 1.54) is 51.1 Å². The van der Waals surface area contributed by atoms with E-state index in [0.717, 1.165) is 19.2 Å². The number of likely N-dealkylation sites (N-methyl/N-ethyl adjacent to an activating group) is 1. The van der Waals surface area contributed by atoms with E-state index in [-0.39, 0.29) is 25.2 Å². The summed E-state index contributed by atoms with van der Waals surface area (Å²) in [4.78, 5) is 54.4. The van der Waals surface area contributed by atoms with Crippen LogP contribution in [-0.4, -0.2) is 74.3 Å². The van der Waals surface area contributed by atoms with Gasteiger partial charge >= 0.3 is 18.1 Å². The summed E-state index contributed by atoms with van der Waals surface area (Å²) < 4.78 is 58.9. The van der Waals surface area contributed by atoms with Gasteiger partial charge < -0.3 is 24.4 Å². The average molecular weight is 627 g/mol. The van der Waals surface area contributed by atoms with Gasteiger partial charge in [-0.3, -0.25) is 9.59 Å². The Kier molecular flexibility index (Phi) is 13.9. The number of terminal acetylenes is 1. The van der Waals surface area contributed by atoms with Crippen molar-refractivity contribution < 1.29 is 46.6 Å². The normalized spacial score (nSPS) is 15.4. The zero-order valence-electron chi connectivity index (χ0n) is 26.9. The third kappa shape index (κ3) is 8.52.